The molecule has 3 rings (SSSR count). The molecule has 1 heterocycles. The molecular formula is C16H13FN2. The SMILES string of the molecule is Cn1c(C=Cc2ccc(F)cc2)nc2ccccc21. The van der Waals surface area contributed by atoms with Gasteiger partial charge < -0.3 is 4.57 Å². The van der Waals surface area contributed by atoms with Gasteiger partial charge in [-0.3, -0.25) is 0 Å². The van der Waals surface area contributed by atoms with Gasteiger partial charge >= 0.3 is 0 Å². The summed E-state index contributed by atoms with van der Waals surface area (Å²) in [6.07, 6.45) is 3.87. The molecular weight excluding hydrogens is 239 g/mol. The van der Waals surface area contributed by atoms with Crippen LogP contribution >= 0.6 is 0 Å². The van der Waals surface area contributed by atoms with Crippen LogP contribution in [0.25, 0.3) is 23.2 Å². The number of aryl methyl sites for hydroxylation is 1. The number of hydrogen-bond acceptors (Lipinski definition) is 1. The predicted octanol–water partition coefficient (Wildman–Crippen LogP) is 3.88. The summed E-state index contributed by atoms with van der Waals surface area (Å²) >= 11 is 0. The minimum atomic E-state index is -0.222. The van der Waals surface area contributed by atoms with Crippen LogP contribution in [0.5, 0.6) is 0 Å². The van der Waals surface area contributed by atoms with Crippen molar-refractivity contribution in [3.05, 3.63) is 65.7 Å². The Bertz CT molecular complexity index is 739. The van der Waals surface area contributed by atoms with Crippen molar-refractivity contribution in [2.75, 3.05) is 0 Å². The number of benzene rings is 2. The van der Waals surface area contributed by atoms with Crippen molar-refractivity contribution in [2.45, 2.75) is 0 Å². The normalized spacial score (nSPS) is 11.5. The molecule has 2 aromatic carbocycles. The average molecular weight is 252 g/mol. The van der Waals surface area contributed by atoms with Crippen molar-refractivity contribution in [1.82, 2.24) is 9.55 Å². The van der Waals surface area contributed by atoms with E-state index in [-0.39, 0.29) is 5.82 Å². The van der Waals surface area contributed by atoms with Gasteiger partial charge in [0, 0.05) is 7.05 Å². The van der Waals surface area contributed by atoms with E-state index in [2.05, 4.69) is 4.98 Å². The number of para-hydroxylation sites is 2. The molecule has 0 aliphatic heterocycles. The lowest BCUT2D eigenvalue weighted by molar-refractivity contribution is 0.628. The van der Waals surface area contributed by atoms with E-state index in [0.29, 0.717) is 0 Å². The minimum Gasteiger partial charge on any atom is -0.328 e. The smallest absolute Gasteiger partial charge is 0.133 e. The Balaban J connectivity index is 1.97. The summed E-state index contributed by atoms with van der Waals surface area (Å²) in [7, 11) is 1.99. The predicted molar refractivity (Wildman–Crippen MR) is 76.0 cm³/mol. The van der Waals surface area contributed by atoms with E-state index in [1.807, 2.05) is 48.0 Å². The molecule has 0 saturated carbocycles. The lowest BCUT2D eigenvalue weighted by Gasteiger charge is -1.97. The zero-order chi connectivity index (χ0) is 13.2. The molecule has 3 aromatic rings. The van der Waals surface area contributed by atoms with Gasteiger partial charge in [-0.05, 0) is 35.9 Å². The molecule has 0 aliphatic rings. The monoisotopic (exact) mass is 252 g/mol. The number of fused-ring (bicyclic) bond motifs is 1. The Kier molecular flexibility index (Phi) is 2.88. The van der Waals surface area contributed by atoms with Gasteiger partial charge in [0.05, 0.1) is 11.0 Å². The minimum absolute atomic E-state index is 0.222. The second-order valence-corrected chi connectivity index (χ2v) is 4.40. The van der Waals surface area contributed by atoms with Crippen molar-refractivity contribution in [1.29, 1.82) is 0 Å². The van der Waals surface area contributed by atoms with Gasteiger partial charge in [0.25, 0.3) is 0 Å². The molecule has 19 heavy (non-hydrogen) atoms. The van der Waals surface area contributed by atoms with Gasteiger partial charge in [-0.15, -0.1) is 0 Å². The van der Waals surface area contributed by atoms with Crippen LogP contribution in [0.15, 0.2) is 48.5 Å². The fourth-order valence-electron chi connectivity index (χ4n) is 2.06. The molecule has 0 aliphatic carbocycles. The Labute approximate surface area is 110 Å². The standard InChI is InChI=1S/C16H13FN2/c1-19-15-5-3-2-4-14(15)18-16(19)11-8-12-6-9-13(17)10-7-12/h2-11H,1H3. The molecule has 0 amide bonds. The molecule has 94 valence electrons. The summed E-state index contributed by atoms with van der Waals surface area (Å²) in [5, 5.41) is 0. The molecule has 1 aromatic heterocycles. The highest BCUT2D eigenvalue weighted by molar-refractivity contribution is 5.79. The Morgan fingerprint density at radius 1 is 1.00 bits per heavy atom. The highest BCUT2D eigenvalue weighted by Gasteiger charge is 2.03. The maximum absolute atomic E-state index is 12.8. The van der Waals surface area contributed by atoms with Gasteiger partial charge in [0.1, 0.15) is 11.6 Å². The zero-order valence-corrected chi connectivity index (χ0v) is 10.5. The molecule has 0 bridgehead atoms. The second kappa shape index (κ2) is 4.69. The summed E-state index contributed by atoms with van der Waals surface area (Å²) in [6.45, 7) is 0. The van der Waals surface area contributed by atoms with Crippen molar-refractivity contribution >= 4 is 23.2 Å². The van der Waals surface area contributed by atoms with Crippen LogP contribution in [0.4, 0.5) is 4.39 Å². The topological polar surface area (TPSA) is 17.8 Å². The molecule has 3 heteroatoms. The van der Waals surface area contributed by atoms with Crippen LogP contribution in [-0.2, 0) is 7.05 Å². The molecule has 0 radical (unpaired) electrons. The Hall–Kier alpha value is -2.42. The Morgan fingerprint density at radius 2 is 1.74 bits per heavy atom. The summed E-state index contributed by atoms with van der Waals surface area (Å²) in [4.78, 5) is 4.55. The molecule has 0 unspecified atom stereocenters. The number of hydrogen-bond donors (Lipinski definition) is 0. The molecule has 0 saturated heterocycles. The van der Waals surface area contributed by atoms with E-state index in [1.165, 1.54) is 12.1 Å². The number of rotatable bonds is 2. The van der Waals surface area contributed by atoms with Crippen LogP contribution in [-0.4, -0.2) is 9.55 Å². The first kappa shape index (κ1) is 11.7. The van der Waals surface area contributed by atoms with E-state index >= 15 is 0 Å². The van der Waals surface area contributed by atoms with Crippen molar-refractivity contribution in [3.63, 3.8) is 0 Å². The van der Waals surface area contributed by atoms with Crippen LogP contribution in [0.3, 0.4) is 0 Å². The molecule has 0 fully saturated rings. The first-order valence-corrected chi connectivity index (χ1v) is 6.09. The fourth-order valence-corrected chi connectivity index (χ4v) is 2.06. The van der Waals surface area contributed by atoms with Gasteiger partial charge in [0.2, 0.25) is 0 Å². The number of imidazole rings is 1. The largest absolute Gasteiger partial charge is 0.328 e. The second-order valence-electron chi connectivity index (χ2n) is 4.40. The van der Waals surface area contributed by atoms with Gasteiger partial charge in [-0.2, -0.15) is 0 Å². The third-order valence-corrected chi connectivity index (χ3v) is 3.12. The van der Waals surface area contributed by atoms with E-state index in [4.69, 9.17) is 0 Å². The first-order chi connectivity index (χ1) is 9.24. The Morgan fingerprint density at radius 3 is 2.47 bits per heavy atom. The van der Waals surface area contributed by atoms with Crippen molar-refractivity contribution < 1.29 is 4.39 Å². The first-order valence-electron chi connectivity index (χ1n) is 6.09. The summed E-state index contributed by atoms with van der Waals surface area (Å²) in [5.74, 6) is 0.658. The average Bonchev–Trinajstić information content (AvgIpc) is 2.76. The van der Waals surface area contributed by atoms with E-state index in [1.54, 1.807) is 12.1 Å². The lowest BCUT2D eigenvalue weighted by Crippen LogP contribution is -1.90. The summed E-state index contributed by atoms with van der Waals surface area (Å²) in [6, 6.07) is 14.4. The van der Waals surface area contributed by atoms with Gasteiger partial charge in [-0.1, -0.05) is 30.3 Å². The van der Waals surface area contributed by atoms with Crippen LogP contribution in [0, 0.1) is 5.82 Å². The molecule has 0 N–H and O–H groups in total. The third kappa shape index (κ3) is 2.27. The van der Waals surface area contributed by atoms with Gasteiger partial charge in [0.15, 0.2) is 0 Å². The summed E-state index contributed by atoms with van der Waals surface area (Å²) in [5.41, 5.74) is 3.03. The van der Waals surface area contributed by atoms with Crippen LogP contribution < -0.4 is 0 Å². The number of halogens is 1. The zero-order valence-electron chi connectivity index (χ0n) is 10.5. The highest BCUT2D eigenvalue weighted by Crippen LogP contribution is 2.16. The quantitative estimate of drug-likeness (QED) is 0.676. The van der Waals surface area contributed by atoms with Crippen LogP contribution in [0.1, 0.15) is 11.4 Å². The van der Waals surface area contributed by atoms with Crippen molar-refractivity contribution in [2.24, 2.45) is 7.05 Å². The van der Waals surface area contributed by atoms with E-state index in [9.17, 15) is 4.39 Å². The number of nitrogens with zero attached hydrogens (tertiary/aromatic N) is 2. The molecule has 0 spiro atoms. The highest BCUT2D eigenvalue weighted by atomic mass is 19.1. The van der Waals surface area contributed by atoms with E-state index < -0.39 is 0 Å². The fraction of sp³-hybridized carbons (Fsp3) is 0.0625. The van der Waals surface area contributed by atoms with E-state index in [0.717, 1.165) is 22.4 Å². The molecule has 2 nitrogen and oxygen atoms in total. The summed E-state index contributed by atoms with van der Waals surface area (Å²) < 4.78 is 14.9. The third-order valence-electron chi connectivity index (χ3n) is 3.12. The van der Waals surface area contributed by atoms with Gasteiger partial charge in [-0.25, -0.2) is 9.37 Å². The maximum atomic E-state index is 12.8. The van der Waals surface area contributed by atoms with Crippen LogP contribution in [0.2, 0.25) is 0 Å². The molecule has 0 atom stereocenters. The lowest BCUT2D eigenvalue weighted by atomic mass is 10.2. The van der Waals surface area contributed by atoms with Crippen molar-refractivity contribution in [3.8, 4) is 0 Å². The maximum Gasteiger partial charge on any atom is 0.133 e. The number of aromatic nitrogens is 2.